The van der Waals surface area contributed by atoms with Crippen LogP contribution in [0.5, 0.6) is 0 Å². The van der Waals surface area contributed by atoms with Crippen LogP contribution in [0.15, 0.2) is 18.2 Å². The van der Waals surface area contributed by atoms with Gasteiger partial charge in [0, 0.05) is 6.04 Å². The fourth-order valence-electron chi connectivity index (χ4n) is 2.35. The highest BCUT2D eigenvalue weighted by molar-refractivity contribution is 5.91. The SMILES string of the molecule is NCC1CCCC1Nc1cccc(C(N)=O)n1. The Morgan fingerprint density at radius 1 is 1.47 bits per heavy atom. The molecule has 1 aliphatic rings. The Hall–Kier alpha value is -1.62. The number of anilines is 1. The summed E-state index contributed by atoms with van der Waals surface area (Å²) in [5.74, 6) is 0.691. The lowest BCUT2D eigenvalue weighted by atomic mass is 10.0. The molecule has 5 N–H and O–H groups in total. The number of carbonyl (C=O) groups excluding carboxylic acids is 1. The van der Waals surface area contributed by atoms with Gasteiger partial charge in [0.2, 0.25) is 0 Å². The van der Waals surface area contributed by atoms with Crippen LogP contribution < -0.4 is 16.8 Å². The molecule has 0 aliphatic heterocycles. The molecule has 1 fully saturated rings. The lowest BCUT2D eigenvalue weighted by Gasteiger charge is -2.20. The minimum atomic E-state index is -0.504. The summed E-state index contributed by atoms with van der Waals surface area (Å²) in [5.41, 5.74) is 11.2. The van der Waals surface area contributed by atoms with Gasteiger partial charge in [-0.25, -0.2) is 4.98 Å². The number of hydrogen-bond acceptors (Lipinski definition) is 4. The van der Waals surface area contributed by atoms with Gasteiger partial charge < -0.3 is 16.8 Å². The molecule has 1 saturated carbocycles. The Kier molecular flexibility index (Phi) is 3.58. The summed E-state index contributed by atoms with van der Waals surface area (Å²) in [5, 5.41) is 3.34. The third-order valence-electron chi connectivity index (χ3n) is 3.30. The topological polar surface area (TPSA) is 94.0 Å². The summed E-state index contributed by atoms with van der Waals surface area (Å²) in [6.45, 7) is 0.688. The third-order valence-corrected chi connectivity index (χ3v) is 3.30. The fraction of sp³-hybridized carbons (Fsp3) is 0.500. The maximum atomic E-state index is 11.0. The second kappa shape index (κ2) is 5.14. The van der Waals surface area contributed by atoms with Crippen LogP contribution in [0, 0.1) is 5.92 Å². The van der Waals surface area contributed by atoms with E-state index in [1.165, 1.54) is 6.42 Å². The van der Waals surface area contributed by atoms with Gasteiger partial charge in [0.05, 0.1) is 0 Å². The van der Waals surface area contributed by atoms with Gasteiger partial charge in [0.15, 0.2) is 0 Å². The normalized spacial score (nSPS) is 23.6. The van der Waals surface area contributed by atoms with E-state index in [0.29, 0.717) is 24.3 Å². The number of hydrogen-bond donors (Lipinski definition) is 3. The molecule has 2 unspecified atom stereocenters. The van der Waals surface area contributed by atoms with E-state index in [-0.39, 0.29) is 5.69 Å². The molecule has 92 valence electrons. The fourth-order valence-corrected chi connectivity index (χ4v) is 2.35. The first-order chi connectivity index (χ1) is 8.20. The summed E-state index contributed by atoms with van der Waals surface area (Å²) < 4.78 is 0. The first-order valence-electron chi connectivity index (χ1n) is 5.94. The first kappa shape index (κ1) is 11.9. The van der Waals surface area contributed by atoms with Crippen molar-refractivity contribution in [3.05, 3.63) is 23.9 Å². The van der Waals surface area contributed by atoms with Crippen LogP contribution in [0.4, 0.5) is 5.82 Å². The molecular weight excluding hydrogens is 216 g/mol. The van der Waals surface area contributed by atoms with Crippen LogP contribution in [0.25, 0.3) is 0 Å². The average Bonchev–Trinajstić information content (AvgIpc) is 2.76. The molecule has 1 amide bonds. The van der Waals surface area contributed by atoms with E-state index in [1.54, 1.807) is 12.1 Å². The molecule has 0 saturated heterocycles. The molecule has 0 aromatic carbocycles. The molecule has 1 aromatic rings. The number of nitrogens with zero attached hydrogens (tertiary/aromatic N) is 1. The number of amides is 1. The highest BCUT2D eigenvalue weighted by Gasteiger charge is 2.26. The van der Waals surface area contributed by atoms with E-state index in [2.05, 4.69) is 10.3 Å². The van der Waals surface area contributed by atoms with Crippen molar-refractivity contribution in [2.45, 2.75) is 25.3 Å². The highest BCUT2D eigenvalue weighted by atomic mass is 16.1. The average molecular weight is 234 g/mol. The Labute approximate surface area is 101 Å². The van der Waals surface area contributed by atoms with Crippen molar-refractivity contribution in [1.82, 2.24) is 4.98 Å². The summed E-state index contributed by atoms with van der Waals surface area (Å²) in [6, 6.07) is 5.60. The number of aromatic nitrogens is 1. The molecule has 0 bridgehead atoms. The number of carbonyl (C=O) groups is 1. The highest BCUT2D eigenvalue weighted by Crippen LogP contribution is 2.27. The van der Waals surface area contributed by atoms with Gasteiger partial charge in [0.1, 0.15) is 11.5 Å². The molecule has 0 spiro atoms. The predicted molar refractivity (Wildman–Crippen MR) is 66.6 cm³/mol. The zero-order valence-electron chi connectivity index (χ0n) is 9.73. The van der Waals surface area contributed by atoms with Crippen molar-refractivity contribution in [1.29, 1.82) is 0 Å². The smallest absolute Gasteiger partial charge is 0.267 e. The zero-order valence-corrected chi connectivity index (χ0v) is 9.73. The largest absolute Gasteiger partial charge is 0.367 e. The lowest BCUT2D eigenvalue weighted by Crippen LogP contribution is -2.30. The van der Waals surface area contributed by atoms with Crippen molar-refractivity contribution in [3.8, 4) is 0 Å². The van der Waals surface area contributed by atoms with Crippen molar-refractivity contribution in [2.24, 2.45) is 17.4 Å². The molecule has 5 heteroatoms. The second-order valence-electron chi connectivity index (χ2n) is 4.45. The van der Waals surface area contributed by atoms with Crippen molar-refractivity contribution >= 4 is 11.7 Å². The van der Waals surface area contributed by atoms with Crippen LogP contribution in [0.3, 0.4) is 0 Å². The van der Waals surface area contributed by atoms with E-state index < -0.39 is 5.91 Å². The van der Waals surface area contributed by atoms with Crippen LogP contribution in [-0.2, 0) is 0 Å². The molecule has 1 heterocycles. The maximum Gasteiger partial charge on any atom is 0.267 e. The van der Waals surface area contributed by atoms with E-state index >= 15 is 0 Å². The number of nitrogens with one attached hydrogen (secondary N) is 1. The first-order valence-corrected chi connectivity index (χ1v) is 5.94. The predicted octanol–water partition coefficient (Wildman–Crippen LogP) is 0.720. The maximum absolute atomic E-state index is 11.0. The molecule has 0 radical (unpaired) electrons. The van der Waals surface area contributed by atoms with Gasteiger partial charge >= 0.3 is 0 Å². The molecule has 17 heavy (non-hydrogen) atoms. The summed E-state index contributed by atoms with van der Waals surface area (Å²) in [7, 11) is 0. The summed E-state index contributed by atoms with van der Waals surface area (Å²) >= 11 is 0. The van der Waals surface area contributed by atoms with Crippen LogP contribution in [0.2, 0.25) is 0 Å². The van der Waals surface area contributed by atoms with Crippen LogP contribution in [0.1, 0.15) is 29.8 Å². The monoisotopic (exact) mass is 234 g/mol. The number of primary amides is 1. The quantitative estimate of drug-likeness (QED) is 0.715. The molecule has 1 aliphatic carbocycles. The molecule has 2 atom stereocenters. The Balaban J connectivity index is 2.07. The second-order valence-corrected chi connectivity index (χ2v) is 4.45. The summed E-state index contributed by atoms with van der Waals surface area (Å²) in [6.07, 6.45) is 3.45. The van der Waals surface area contributed by atoms with Gasteiger partial charge in [-0.3, -0.25) is 4.79 Å². The van der Waals surface area contributed by atoms with E-state index in [0.717, 1.165) is 12.8 Å². The Morgan fingerprint density at radius 3 is 3.00 bits per heavy atom. The molecule has 1 aromatic heterocycles. The van der Waals surface area contributed by atoms with Crippen LogP contribution in [-0.4, -0.2) is 23.5 Å². The van der Waals surface area contributed by atoms with Gasteiger partial charge in [-0.2, -0.15) is 0 Å². The number of rotatable bonds is 4. The number of nitrogens with two attached hydrogens (primary N) is 2. The van der Waals surface area contributed by atoms with E-state index in [9.17, 15) is 4.79 Å². The van der Waals surface area contributed by atoms with Crippen LogP contribution >= 0.6 is 0 Å². The van der Waals surface area contributed by atoms with Gasteiger partial charge in [0.25, 0.3) is 5.91 Å². The lowest BCUT2D eigenvalue weighted by molar-refractivity contribution is 0.0995. The number of pyridine rings is 1. The standard InChI is InChI=1S/C12H18N4O/c13-7-8-3-1-4-9(8)15-11-6-2-5-10(16-11)12(14)17/h2,5-6,8-9H,1,3-4,7,13H2,(H2,14,17)(H,15,16). The summed E-state index contributed by atoms with van der Waals surface area (Å²) in [4.78, 5) is 15.2. The van der Waals surface area contributed by atoms with Gasteiger partial charge in [-0.15, -0.1) is 0 Å². The Morgan fingerprint density at radius 2 is 2.29 bits per heavy atom. The van der Waals surface area contributed by atoms with E-state index in [1.807, 2.05) is 6.07 Å². The van der Waals surface area contributed by atoms with E-state index in [4.69, 9.17) is 11.5 Å². The third kappa shape index (κ3) is 2.74. The molecular formula is C12H18N4O. The molecule has 2 rings (SSSR count). The van der Waals surface area contributed by atoms with Crippen molar-refractivity contribution < 1.29 is 4.79 Å². The molecule has 5 nitrogen and oxygen atoms in total. The van der Waals surface area contributed by atoms with Crippen molar-refractivity contribution in [2.75, 3.05) is 11.9 Å². The minimum Gasteiger partial charge on any atom is -0.367 e. The van der Waals surface area contributed by atoms with Gasteiger partial charge in [-0.05, 0) is 37.4 Å². The Bertz CT molecular complexity index is 407. The minimum absolute atomic E-state index is 0.289. The zero-order chi connectivity index (χ0) is 12.3. The van der Waals surface area contributed by atoms with Gasteiger partial charge in [-0.1, -0.05) is 12.5 Å². The van der Waals surface area contributed by atoms with Crippen molar-refractivity contribution in [3.63, 3.8) is 0 Å².